The molecule has 1 atom stereocenters. The van der Waals surface area contributed by atoms with Crippen LogP contribution in [-0.2, 0) is 4.79 Å². The summed E-state index contributed by atoms with van der Waals surface area (Å²) >= 11 is 0. The van der Waals surface area contributed by atoms with Gasteiger partial charge in [0.2, 0.25) is 5.91 Å². The lowest BCUT2D eigenvalue weighted by Crippen LogP contribution is -2.21. The molecule has 1 amide bonds. The molecule has 0 spiro atoms. The molecule has 0 aliphatic rings. The molecule has 4 aromatic rings. The normalized spacial score (nSPS) is 12.1. The van der Waals surface area contributed by atoms with Gasteiger partial charge in [0.1, 0.15) is 17.2 Å². The number of benzene rings is 2. The van der Waals surface area contributed by atoms with Crippen LogP contribution < -0.4 is 5.32 Å². The lowest BCUT2D eigenvalue weighted by Gasteiger charge is -2.16. The van der Waals surface area contributed by atoms with Crippen molar-refractivity contribution in [3.8, 4) is 11.3 Å². The predicted molar refractivity (Wildman–Crippen MR) is 118 cm³/mol. The van der Waals surface area contributed by atoms with Gasteiger partial charge in [-0.2, -0.15) is 0 Å². The van der Waals surface area contributed by atoms with Gasteiger partial charge in [-0.3, -0.25) is 9.20 Å². The van der Waals surface area contributed by atoms with Crippen LogP contribution in [0.15, 0.2) is 72.9 Å². The molecule has 29 heavy (non-hydrogen) atoms. The maximum Gasteiger partial charge on any atom is 0.233 e. The van der Waals surface area contributed by atoms with Gasteiger partial charge in [-0.1, -0.05) is 60.5 Å². The Balaban J connectivity index is 1.79. The number of aromatic nitrogens is 2. The number of rotatable bonds is 5. The van der Waals surface area contributed by atoms with Crippen LogP contribution in [0.3, 0.4) is 0 Å². The zero-order valence-corrected chi connectivity index (χ0v) is 17.0. The maximum atomic E-state index is 13.3. The Morgan fingerprint density at radius 2 is 1.69 bits per heavy atom. The zero-order valence-electron chi connectivity index (χ0n) is 17.0. The molecule has 0 fully saturated rings. The Labute approximate surface area is 171 Å². The molecule has 4 nitrogen and oxygen atoms in total. The number of pyridine rings is 1. The summed E-state index contributed by atoms with van der Waals surface area (Å²) in [5.74, 6) is 0.484. The Hall–Kier alpha value is -3.40. The van der Waals surface area contributed by atoms with Crippen molar-refractivity contribution in [1.29, 1.82) is 0 Å². The highest BCUT2D eigenvalue weighted by Gasteiger charge is 2.22. The summed E-state index contributed by atoms with van der Waals surface area (Å²) in [6.45, 7) is 6.19. The van der Waals surface area contributed by atoms with E-state index in [1.165, 1.54) is 11.1 Å². The van der Waals surface area contributed by atoms with Crippen molar-refractivity contribution >= 4 is 17.4 Å². The van der Waals surface area contributed by atoms with Crippen LogP contribution in [0.2, 0.25) is 0 Å². The summed E-state index contributed by atoms with van der Waals surface area (Å²) in [4.78, 5) is 18.1. The molecule has 4 heteroatoms. The SMILES string of the molecule is CCC(C(=O)Nc1c(-c2cc(C)cc(C)c2)nc2ccccn12)c1ccccc1. The number of nitrogens with one attached hydrogen (secondary N) is 1. The van der Waals surface area contributed by atoms with Gasteiger partial charge in [-0.05, 0) is 50.1 Å². The third-order valence-corrected chi connectivity index (χ3v) is 5.19. The third-order valence-electron chi connectivity index (χ3n) is 5.19. The molecule has 0 saturated heterocycles. The first-order chi connectivity index (χ1) is 14.1. The van der Waals surface area contributed by atoms with E-state index in [1.807, 2.05) is 66.1 Å². The van der Waals surface area contributed by atoms with Gasteiger partial charge < -0.3 is 5.32 Å². The second kappa shape index (κ2) is 7.92. The molecule has 1 unspecified atom stereocenters. The summed E-state index contributed by atoms with van der Waals surface area (Å²) in [5.41, 5.74) is 5.97. The summed E-state index contributed by atoms with van der Waals surface area (Å²) in [6.07, 6.45) is 2.67. The van der Waals surface area contributed by atoms with E-state index in [-0.39, 0.29) is 11.8 Å². The summed E-state index contributed by atoms with van der Waals surface area (Å²) < 4.78 is 1.95. The summed E-state index contributed by atoms with van der Waals surface area (Å²) in [5, 5.41) is 3.18. The van der Waals surface area contributed by atoms with Crippen LogP contribution in [0.5, 0.6) is 0 Å². The minimum atomic E-state index is -0.211. The molecule has 0 radical (unpaired) electrons. The number of nitrogens with zero attached hydrogens (tertiary/aromatic N) is 2. The number of aryl methyl sites for hydroxylation is 2. The van der Waals surface area contributed by atoms with E-state index in [9.17, 15) is 4.79 Å². The number of hydrogen-bond donors (Lipinski definition) is 1. The van der Waals surface area contributed by atoms with E-state index in [0.717, 1.165) is 28.9 Å². The molecule has 0 aliphatic heterocycles. The van der Waals surface area contributed by atoms with Crippen molar-refractivity contribution in [2.45, 2.75) is 33.1 Å². The monoisotopic (exact) mass is 383 g/mol. The quantitative estimate of drug-likeness (QED) is 0.477. The fourth-order valence-corrected chi connectivity index (χ4v) is 3.89. The molecule has 146 valence electrons. The van der Waals surface area contributed by atoms with Gasteiger partial charge in [-0.25, -0.2) is 4.98 Å². The first kappa shape index (κ1) is 18.9. The Morgan fingerprint density at radius 3 is 2.38 bits per heavy atom. The zero-order chi connectivity index (χ0) is 20.4. The molecule has 0 saturated carbocycles. The molecule has 2 aromatic carbocycles. The van der Waals surface area contributed by atoms with Crippen molar-refractivity contribution < 1.29 is 4.79 Å². The average molecular weight is 383 g/mol. The van der Waals surface area contributed by atoms with E-state index in [2.05, 4.69) is 37.4 Å². The van der Waals surface area contributed by atoms with Crippen molar-refractivity contribution in [2.75, 3.05) is 5.32 Å². The van der Waals surface area contributed by atoms with Crippen molar-refractivity contribution in [3.63, 3.8) is 0 Å². The number of carbonyl (C=O) groups excluding carboxylic acids is 1. The van der Waals surface area contributed by atoms with Crippen LogP contribution in [0.25, 0.3) is 16.9 Å². The largest absolute Gasteiger partial charge is 0.309 e. The number of carbonyl (C=O) groups is 1. The second-order valence-electron chi connectivity index (χ2n) is 7.48. The Bertz CT molecular complexity index is 1140. The standard InChI is InChI=1S/C25H25N3O/c1-4-21(19-10-6-5-7-11-19)25(29)27-24-23(20-15-17(2)14-18(3)16-20)26-22-12-8-9-13-28(22)24/h5-16,21H,4H2,1-3H3,(H,27,29). The molecule has 0 aliphatic carbocycles. The highest BCUT2D eigenvalue weighted by atomic mass is 16.2. The number of hydrogen-bond acceptors (Lipinski definition) is 2. The summed E-state index contributed by atoms with van der Waals surface area (Å²) in [7, 11) is 0. The first-order valence-electron chi connectivity index (χ1n) is 9.98. The Kier molecular flexibility index (Phi) is 5.17. The van der Waals surface area contributed by atoms with Crippen LogP contribution in [0, 0.1) is 13.8 Å². The molecule has 0 bridgehead atoms. The fraction of sp³-hybridized carbons (Fsp3) is 0.200. The summed E-state index contributed by atoms with van der Waals surface area (Å²) in [6, 6.07) is 22.1. The number of amides is 1. The van der Waals surface area contributed by atoms with Crippen molar-refractivity contribution in [1.82, 2.24) is 9.38 Å². The molecule has 4 rings (SSSR count). The maximum absolute atomic E-state index is 13.3. The fourth-order valence-electron chi connectivity index (χ4n) is 3.89. The van der Waals surface area contributed by atoms with Crippen LogP contribution >= 0.6 is 0 Å². The molecule has 2 aromatic heterocycles. The van der Waals surface area contributed by atoms with Gasteiger partial charge >= 0.3 is 0 Å². The van der Waals surface area contributed by atoms with Gasteiger partial charge in [-0.15, -0.1) is 0 Å². The highest BCUT2D eigenvalue weighted by Crippen LogP contribution is 2.31. The van der Waals surface area contributed by atoms with Crippen molar-refractivity contribution in [2.24, 2.45) is 0 Å². The molecular weight excluding hydrogens is 358 g/mol. The molecular formula is C25H25N3O. The average Bonchev–Trinajstić information content (AvgIpc) is 3.07. The number of anilines is 1. The van der Waals surface area contributed by atoms with E-state index in [1.54, 1.807) is 0 Å². The number of imidazole rings is 1. The van der Waals surface area contributed by atoms with Gasteiger partial charge in [0.15, 0.2) is 0 Å². The van der Waals surface area contributed by atoms with Crippen LogP contribution in [-0.4, -0.2) is 15.3 Å². The van der Waals surface area contributed by atoms with Gasteiger partial charge in [0, 0.05) is 11.8 Å². The van der Waals surface area contributed by atoms with Gasteiger partial charge in [0.25, 0.3) is 0 Å². The number of fused-ring (bicyclic) bond motifs is 1. The third kappa shape index (κ3) is 3.79. The van der Waals surface area contributed by atoms with E-state index in [4.69, 9.17) is 4.98 Å². The predicted octanol–water partition coefficient (Wildman–Crippen LogP) is 5.75. The highest BCUT2D eigenvalue weighted by molar-refractivity contribution is 5.98. The van der Waals surface area contributed by atoms with Gasteiger partial charge in [0.05, 0.1) is 5.92 Å². The lowest BCUT2D eigenvalue weighted by molar-refractivity contribution is -0.117. The van der Waals surface area contributed by atoms with Crippen LogP contribution in [0.1, 0.15) is 36.0 Å². The minimum Gasteiger partial charge on any atom is -0.309 e. The van der Waals surface area contributed by atoms with Crippen molar-refractivity contribution in [3.05, 3.63) is 89.6 Å². The minimum absolute atomic E-state index is 0.0185. The topological polar surface area (TPSA) is 46.4 Å². The second-order valence-corrected chi connectivity index (χ2v) is 7.48. The van der Waals surface area contributed by atoms with E-state index in [0.29, 0.717) is 5.82 Å². The van der Waals surface area contributed by atoms with Crippen LogP contribution in [0.4, 0.5) is 5.82 Å². The van der Waals surface area contributed by atoms with E-state index >= 15 is 0 Å². The van der Waals surface area contributed by atoms with E-state index < -0.39 is 0 Å². The Morgan fingerprint density at radius 1 is 1.00 bits per heavy atom. The molecule has 2 heterocycles. The first-order valence-corrected chi connectivity index (χ1v) is 9.98. The molecule has 1 N–H and O–H groups in total. The lowest BCUT2D eigenvalue weighted by atomic mass is 9.95. The smallest absolute Gasteiger partial charge is 0.233 e.